The van der Waals surface area contributed by atoms with E-state index in [-0.39, 0.29) is 11.3 Å². The molecule has 1 aromatic rings. The Morgan fingerprint density at radius 3 is 2.43 bits per heavy atom. The normalized spacial score (nSPS) is 13.0. The summed E-state index contributed by atoms with van der Waals surface area (Å²) >= 11 is 1.34. The van der Waals surface area contributed by atoms with Crippen LogP contribution in [0.1, 0.15) is 67.3 Å². The topological polar surface area (TPSA) is 79.3 Å². The van der Waals surface area contributed by atoms with E-state index < -0.39 is 12.0 Å². The Balaban J connectivity index is 2.88. The molecule has 1 unspecified atom stereocenters. The van der Waals surface area contributed by atoms with Gasteiger partial charge >= 0.3 is 5.97 Å². The van der Waals surface area contributed by atoms with E-state index in [4.69, 9.17) is 0 Å². The maximum Gasteiger partial charge on any atom is 0.326 e. The number of carboxylic acids is 1. The highest BCUT2D eigenvalue weighted by molar-refractivity contribution is 7.14. The molecule has 0 aliphatic heterocycles. The third kappa shape index (κ3) is 4.81. The SMILES string of the molecule is CCCCC(NC(=O)c1sc(C(C)(C)C)nc1C)C(=O)O. The Hall–Kier alpha value is -1.43. The Morgan fingerprint density at radius 1 is 1.38 bits per heavy atom. The van der Waals surface area contributed by atoms with E-state index in [1.165, 1.54) is 11.3 Å². The van der Waals surface area contributed by atoms with E-state index in [2.05, 4.69) is 10.3 Å². The number of carboxylic acid groups (broad SMARTS) is 1. The predicted octanol–water partition coefficient (Wildman–Crippen LogP) is 3.12. The Kier molecular flexibility index (Phi) is 5.89. The number of rotatable bonds is 6. The van der Waals surface area contributed by atoms with Crippen LogP contribution in [0.2, 0.25) is 0 Å². The summed E-state index contributed by atoms with van der Waals surface area (Å²) in [5.74, 6) is -1.33. The minimum Gasteiger partial charge on any atom is -0.480 e. The second-order valence-corrected chi connectivity index (χ2v) is 7.19. The van der Waals surface area contributed by atoms with Gasteiger partial charge in [0.25, 0.3) is 5.91 Å². The fourth-order valence-corrected chi connectivity index (χ4v) is 2.84. The number of aromatic nitrogens is 1. The molecule has 0 aromatic carbocycles. The highest BCUT2D eigenvalue weighted by Gasteiger charge is 2.26. The van der Waals surface area contributed by atoms with Crippen LogP contribution in [-0.2, 0) is 10.2 Å². The molecule has 1 atom stereocenters. The first-order chi connectivity index (χ1) is 9.66. The van der Waals surface area contributed by atoms with Crippen molar-refractivity contribution in [1.29, 1.82) is 0 Å². The number of aliphatic carboxylic acids is 1. The fraction of sp³-hybridized carbons (Fsp3) is 0.667. The van der Waals surface area contributed by atoms with Crippen LogP contribution in [-0.4, -0.2) is 28.0 Å². The summed E-state index contributed by atoms with van der Waals surface area (Å²) in [6.07, 6.45) is 2.11. The molecule has 1 aromatic heterocycles. The number of amides is 1. The van der Waals surface area contributed by atoms with Gasteiger partial charge in [-0.1, -0.05) is 40.5 Å². The average molecular weight is 312 g/mol. The molecule has 1 heterocycles. The molecule has 0 bridgehead atoms. The standard InChI is InChI=1S/C15H24N2O3S/c1-6-7-8-10(13(19)20)17-12(18)11-9(2)16-14(21-11)15(3,4)5/h10H,6-8H2,1-5H3,(H,17,18)(H,19,20). The number of carbonyl (C=O) groups excluding carboxylic acids is 1. The van der Waals surface area contributed by atoms with Crippen LogP contribution in [0.25, 0.3) is 0 Å². The molecule has 0 saturated carbocycles. The fourth-order valence-electron chi connectivity index (χ4n) is 1.82. The van der Waals surface area contributed by atoms with Crippen molar-refractivity contribution in [2.75, 3.05) is 0 Å². The smallest absolute Gasteiger partial charge is 0.326 e. The quantitative estimate of drug-likeness (QED) is 0.846. The molecule has 0 aliphatic rings. The zero-order chi connectivity index (χ0) is 16.2. The largest absolute Gasteiger partial charge is 0.480 e. The van der Waals surface area contributed by atoms with Crippen LogP contribution in [0, 0.1) is 6.92 Å². The van der Waals surface area contributed by atoms with E-state index in [1.54, 1.807) is 6.92 Å². The summed E-state index contributed by atoms with van der Waals surface area (Å²) in [5.41, 5.74) is 0.532. The van der Waals surface area contributed by atoms with E-state index >= 15 is 0 Å². The van der Waals surface area contributed by atoms with Gasteiger partial charge in [0.2, 0.25) is 0 Å². The van der Waals surface area contributed by atoms with Crippen LogP contribution < -0.4 is 5.32 Å². The molecule has 0 spiro atoms. The van der Waals surface area contributed by atoms with Crippen molar-refractivity contribution >= 4 is 23.2 Å². The van der Waals surface area contributed by atoms with Crippen molar-refractivity contribution < 1.29 is 14.7 Å². The number of carbonyl (C=O) groups is 2. The predicted molar refractivity (Wildman–Crippen MR) is 84.0 cm³/mol. The van der Waals surface area contributed by atoms with Gasteiger partial charge in [0.15, 0.2) is 0 Å². The molecule has 2 N–H and O–H groups in total. The van der Waals surface area contributed by atoms with E-state index in [0.717, 1.165) is 17.8 Å². The Labute approximate surface area is 129 Å². The lowest BCUT2D eigenvalue weighted by Crippen LogP contribution is -2.40. The number of hydrogen-bond acceptors (Lipinski definition) is 4. The maximum absolute atomic E-state index is 12.3. The molecule has 0 fully saturated rings. The third-order valence-corrected chi connectivity index (χ3v) is 4.68. The first kappa shape index (κ1) is 17.6. The molecule has 0 saturated heterocycles. The van der Waals surface area contributed by atoms with Gasteiger partial charge in [0, 0.05) is 5.41 Å². The van der Waals surface area contributed by atoms with Gasteiger partial charge in [-0.25, -0.2) is 9.78 Å². The van der Waals surface area contributed by atoms with Gasteiger partial charge in [-0.15, -0.1) is 11.3 Å². The molecule has 6 heteroatoms. The highest BCUT2D eigenvalue weighted by Crippen LogP contribution is 2.29. The van der Waals surface area contributed by atoms with Crippen LogP contribution in [0.4, 0.5) is 0 Å². The van der Waals surface area contributed by atoms with E-state index in [9.17, 15) is 14.7 Å². The van der Waals surface area contributed by atoms with Crippen LogP contribution in [0.3, 0.4) is 0 Å². The summed E-state index contributed by atoms with van der Waals surface area (Å²) < 4.78 is 0. The van der Waals surface area contributed by atoms with Gasteiger partial charge in [-0.05, 0) is 13.3 Å². The molecule has 0 aliphatic carbocycles. The molecular formula is C15H24N2O3S. The lowest BCUT2D eigenvalue weighted by molar-refractivity contribution is -0.139. The Morgan fingerprint density at radius 2 is 2.00 bits per heavy atom. The minimum absolute atomic E-state index is 0.123. The molecule has 118 valence electrons. The maximum atomic E-state index is 12.3. The molecule has 1 amide bonds. The monoisotopic (exact) mass is 312 g/mol. The van der Waals surface area contributed by atoms with Gasteiger partial charge in [0.1, 0.15) is 10.9 Å². The van der Waals surface area contributed by atoms with Crippen LogP contribution in [0.15, 0.2) is 0 Å². The lowest BCUT2D eigenvalue weighted by Gasteiger charge is -2.14. The first-order valence-electron chi connectivity index (χ1n) is 7.18. The molecule has 21 heavy (non-hydrogen) atoms. The van der Waals surface area contributed by atoms with Crippen molar-refractivity contribution in [2.24, 2.45) is 0 Å². The summed E-state index contributed by atoms with van der Waals surface area (Å²) in [6.45, 7) is 9.88. The number of hydrogen-bond donors (Lipinski definition) is 2. The average Bonchev–Trinajstić information content (AvgIpc) is 2.76. The van der Waals surface area contributed by atoms with Gasteiger partial charge in [-0.3, -0.25) is 4.79 Å². The lowest BCUT2D eigenvalue weighted by atomic mass is 9.98. The molecule has 0 radical (unpaired) electrons. The van der Waals surface area contributed by atoms with Gasteiger partial charge in [-0.2, -0.15) is 0 Å². The van der Waals surface area contributed by atoms with Gasteiger partial charge in [0.05, 0.1) is 10.7 Å². The summed E-state index contributed by atoms with van der Waals surface area (Å²) in [4.78, 5) is 28.4. The van der Waals surface area contributed by atoms with Gasteiger partial charge < -0.3 is 10.4 Å². The molecule has 1 rings (SSSR count). The summed E-state index contributed by atoms with van der Waals surface area (Å²) in [6, 6.07) is -0.836. The van der Waals surface area contributed by atoms with Crippen LogP contribution >= 0.6 is 11.3 Å². The molecule has 5 nitrogen and oxygen atoms in total. The minimum atomic E-state index is -0.991. The number of unbranched alkanes of at least 4 members (excludes halogenated alkanes) is 1. The van der Waals surface area contributed by atoms with Crippen molar-refractivity contribution in [2.45, 2.75) is 65.3 Å². The highest BCUT2D eigenvalue weighted by atomic mass is 32.1. The first-order valence-corrected chi connectivity index (χ1v) is 8.00. The summed E-state index contributed by atoms with van der Waals surface area (Å²) in [7, 11) is 0. The number of aryl methyl sites for hydroxylation is 1. The Bertz CT molecular complexity index is 517. The summed E-state index contributed by atoms with van der Waals surface area (Å²) in [5, 5.41) is 12.7. The van der Waals surface area contributed by atoms with Crippen molar-refractivity contribution in [1.82, 2.24) is 10.3 Å². The van der Waals surface area contributed by atoms with Crippen molar-refractivity contribution in [3.05, 3.63) is 15.6 Å². The zero-order valence-electron chi connectivity index (χ0n) is 13.3. The van der Waals surface area contributed by atoms with E-state index in [1.807, 2.05) is 27.7 Å². The van der Waals surface area contributed by atoms with Crippen molar-refractivity contribution in [3.63, 3.8) is 0 Å². The van der Waals surface area contributed by atoms with E-state index in [0.29, 0.717) is 17.0 Å². The van der Waals surface area contributed by atoms with Crippen LogP contribution in [0.5, 0.6) is 0 Å². The second kappa shape index (κ2) is 7.02. The number of thiazole rings is 1. The number of nitrogens with one attached hydrogen (secondary N) is 1. The van der Waals surface area contributed by atoms with Crippen molar-refractivity contribution in [3.8, 4) is 0 Å². The zero-order valence-corrected chi connectivity index (χ0v) is 14.1. The number of nitrogens with zero attached hydrogens (tertiary/aromatic N) is 1. The third-order valence-electron chi connectivity index (χ3n) is 3.09. The molecular weight excluding hydrogens is 288 g/mol. The second-order valence-electron chi connectivity index (χ2n) is 6.19.